The monoisotopic (exact) mass is 331 g/mol. The standard InChI is InChI=1S/C19H25NO4/c1-2-24-15-9-6-13(7-10-15)8-11-17(21)20-12-14-4-3-5-16(14)18(20)19(22)23/h6-7,9-10,14,16,18H,2-5,8,11-12H2,1H3,(H,22,23). The van der Waals surface area contributed by atoms with E-state index in [9.17, 15) is 14.7 Å². The quantitative estimate of drug-likeness (QED) is 0.870. The van der Waals surface area contributed by atoms with Gasteiger partial charge >= 0.3 is 5.97 Å². The highest BCUT2D eigenvalue weighted by atomic mass is 16.5. The maximum absolute atomic E-state index is 12.6. The number of carboxylic acids is 1. The average Bonchev–Trinajstić information content (AvgIpc) is 3.14. The number of hydrogen-bond acceptors (Lipinski definition) is 3. The summed E-state index contributed by atoms with van der Waals surface area (Å²) in [5, 5.41) is 9.54. The molecule has 5 nitrogen and oxygen atoms in total. The van der Waals surface area contributed by atoms with Crippen LogP contribution >= 0.6 is 0 Å². The summed E-state index contributed by atoms with van der Waals surface area (Å²) >= 11 is 0. The lowest BCUT2D eigenvalue weighted by atomic mass is 9.94. The third-order valence-electron chi connectivity index (χ3n) is 5.33. The van der Waals surface area contributed by atoms with Crippen molar-refractivity contribution in [3.63, 3.8) is 0 Å². The Labute approximate surface area is 142 Å². The maximum atomic E-state index is 12.6. The van der Waals surface area contributed by atoms with Gasteiger partial charge in [-0.25, -0.2) is 4.79 Å². The van der Waals surface area contributed by atoms with Gasteiger partial charge in [0.05, 0.1) is 6.61 Å². The van der Waals surface area contributed by atoms with E-state index in [1.165, 1.54) is 0 Å². The minimum atomic E-state index is -0.848. The lowest BCUT2D eigenvalue weighted by molar-refractivity contribution is -0.149. The second-order valence-electron chi connectivity index (χ2n) is 6.76. The first-order valence-corrected chi connectivity index (χ1v) is 8.84. The number of carboxylic acid groups (broad SMARTS) is 1. The van der Waals surface area contributed by atoms with Gasteiger partial charge in [-0.1, -0.05) is 18.6 Å². The molecule has 1 aromatic rings. The number of ether oxygens (including phenoxy) is 1. The first-order chi connectivity index (χ1) is 11.6. The van der Waals surface area contributed by atoms with Gasteiger partial charge in [-0.3, -0.25) is 4.79 Å². The fourth-order valence-corrected chi connectivity index (χ4v) is 4.19. The van der Waals surface area contributed by atoms with E-state index in [1.54, 1.807) is 4.90 Å². The Balaban J connectivity index is 1.59. The number of nitrogens with zero attached hydrogens (tertiary/aromatic N) is 1. The van der Waals surface area contributed by atoms with Crippen molar-refractivity contribution in [2.45, 2.75) is 45.1 Å². The molecule has 3 rings (SSSR count). The van der Waals surface area contributed by atoms with Crippen LogP contribution in [0.15, 0.2) is 24.3 Å². The molecule has 2 fully saturated rings. The zero-order valence-corrected chi connectivity index (χ0v) is 14.1. The average molecular weight is 331 g/mol. The number of carbonyl (C=O) groups is 2. The molecule has 1 saturated heterocycles. The lowest BCUT2D eigenvalue weighted by Gasteiger charge is -2.24. The van der Waals surface area contributed by atoms with E-state index in [1.807, 2.05) is 31.2 Å². The van der Waals surface area contributed by atoms with Crippen LogP contribution in [0.4, 0.5) is 0 Å². The topological polar surface area (TPSA) is 66.8 Å². The number of rotatable bonds is 6. The number of aryl methyl sites for hydroxylation is 1. The first kappa shape index (κ1) is 16.8. The molecule has 1 saturated carbocycles. The third kappa shape index (κ3) is 3.40. The van der Waals surface area contributed by atoms with Crippen molar-refractivity contribution in [1.82, 2.24) is 4.90 Å². The van der Waals surface area contributed by atoms with E-state index in [0.29, 0.717) is 31.9 Å². The van der Waals surface area contributed by atoms with Crippen molar-refractivity contribution >= 4 is 11.9 Å². The molecule has 1 aromatic carbocycles. The van der Waals surface area contributed by atoms with Gasteiger partial charge < -0.3 is 14.7 Å². The van der Waals surface area contributed by atoms with Crippen LogP contribution < -0.4 is 4.74 Å². The molecule has 1 heterocycles. The number of aliphatic carboxylic acids is 1. The van der Waals surface area contributed by atoms with Crippen LogP contribution in [0.2, 0.25) is 0 Å². The Bertz CT molecular complexity index is 598. The summed E-state index contributed by atoms with van der Waals surface area (Å²) in [5.41, 5.74) is 1.07. The van der Waals surface area contributed by atoms with Crippen LogP contribution in [-0.4, -0.2) is 41.1 Å². The predicted molar refractivity (Wildman–Crippen MR) is 89.9 cm³/mol. The van der Waals surface area contributed by atoms with Crippen LogP contribution in [0.3, 0.4) is 0 Å². The van der Waals surface area contributed by atoms with Gasteiger partial charge in [0, 0.05) is 13.0 Å². The van der Waals surface area contributed by atoms with Gasteiger partial charge in [0.1, 0.15) is 11.8 Å². The molecule has 5 heteroatoms. The fraction of sp³-hybridized carbons (Fsp3) is 0.579. The Morgan fingerprint density at radius 2 is 2.00 bits per heavy atom. The minimum absolute atomic E-state index is 0.0364. The Kier molecular flexibility index (Phi) is 5.07. The Morgan fingerprint density at radius 3 is 2.67 bits per heavy atom. The molecule has 0 bridgehead atoms. The van der Waals surface area contributed by atoms with Gasteiger partial charge in [-0.15, -0.1) is 0 Å². The molecular weight excluding hydrogens is 306 g/mol. The number of benzene rings is 1. The largest absolute Gasteiger partial charge is 0.494 e. The molecule has 1 N–H and O–H groups in total. The van der Waals surface area contributed by atoms with Crippen molar-refractivity contribution in [2.75, 3.05) is 13.2 Å². The highest BCUT2D eigenvalue weighted by Gasteiger charge is 2.49. The summed E-state index contributed by atoms with van der Waals surface area (Å²) in [5.74, 6) is 0.466. The van der Waals surface area contributed by atoms with Crippen LogP contribution in [0.25, 0.3) is 0 Å². The molecule has 0 aromatic heterocycles. The number of hydrogen-bond donors (Lipinski definition) is 1. The van der Waals surface area contributed by atoms with Crippen molar-refractivity contribution < 1.29 is 19.4 Å². The molecule has 0 spiro atoms. The Hall–Kier alpha value is -2.04. The molecule has 1 aliphatic heterocycles. The van der Waals surface area contributed by atoms with Crippen molar-refractivity contribution in [2.24, 2.45) is 11.8 Å². The molecule has 1 amide bonds. The predicted octanol–water partition coefficient (Wildman–Crippen LogP) is 2.73. The van der Waals surface area contributed by atoms with E-state index < -0.39 is 12.0 Å². The molecule has 0 radical (unpaired) electrons. The van der Waals surface area contributed by atoms with Gasteiger partial charge in [0.2, 0.25) is 5.91 Å². The van der Waals surface area contributed by atoms with E-state index in [0.717, 1.165) is 30.6 Å². The number of amides is 1. The van der Waals surface area contributed by atoms with E-state index in [2.05, 4.69) is 0 Å². The maximum Gasteiger partial charge on any atom is 0.326 e. The minimum Gasteiger partial charge on any atom is -0.494 e. The molecular formula is C19H25NO4. The van der Waals surface area contributed by atoms with Gasteiger partial charge in [-0.05, 0) is 55.7 Å². The molecule has 3 atom stereocenters. The fourth-order valence-electron chi connectivity index (χ4n) is 4.19. The summed E-state index contributed by atoms with van der Waals surface area (Å²) in [6.07, 6.45) is 4.06. The first-order valence-electron chi connectivity index (χ1n) is 8.84. The molecule has 130 valence electrons. The molecule has 2 aliphatic rings. The highest BCUT2D eigenvalue weighted by molar-refractivity contribution is 5.85. The number of fused-ring (bicyclic) bond motifs is 1. The third-order valence-corrected chi connectivity index (χ3v) is 5.33. The van der Waals surface area contributed by atoms with Crippen LogP contribution in [0.1, 0.15) is 38.2 Å². The van der Waals surface area contributed by atoms with Gasteiger partial charge in [-0.2, -0.15) is 0 Å². The van der Waals surface area contributed by atoms with Gasteiger partial charge in [0.25, 0.3) is 0 Å². The summed E-state index contributed by atoms with van der Waals surface area (Å²) in [7, 11) is 0. The molecule has 24 heavy (non-hydrogen) atoms. The summed E-state index contributed by atoms with van der Waals surface area (Å²) < 4.78 is 5.41. The summed E-state index contributed by atoms with van der Waals surface area (Å²) in [4.78, 5) is 25.8. The van der Waals surface area contributed by atoms with Crippen molar-refractivity contribution in [3.8, 4) is 5.75 Å². The van der Waals surface area contributed by atoms with E-state index >= 15 is 0 Å². The molecule has 3 unspecified atom stereocenters. The zero-order chi connectivity index (χ0) is 17.1. The highest BCUT2D eigenvalue weighted by Crippen LogP contribution is 2.42. The van der Waals surface area contributed by atoms with Crippen LogP contribution in [0, 0.1) is 11.8 Å². The van der Waals surface area contributed by atoms with Crippen molar-refractivity contribution in [1.29, 1.82) is 0 Å². The molecule has 1 aliphatic carbocycles. The van der Waals surface area contributed by atoms with E-state index in [4.69, 9.17) is 4.74 Å². The normalized spacial score (nSPS) is 25.5. The Morgan fingerprint density at radius 1 is 1.25 bits per heavy atom. The zero-order valence-electron chi connectivity index (χ0n) is 14.1. The smallest absolute Gasteiger partial charge is 0.326 e. The lowest BCUT2D eigenvalue weighted by Crippen LogP contribution is -2.43. The number of carbonyl (C=O) groups excluding carboxylic acids is 1. The van der Waals surface area contributed by atoms with E-state index in [-0.39, 0.29) is 11.8 Å². The van der Waals surface area contributed by atoms with Crippen LogP contribution in [0.5, 0.6) is 5.75 Å². The summed E-state index contributed by atoms with van der Waals surface area (Å²) in [6, 6.07) is 7.12. The number of likely N-dealkylation sites (tertiary alicyclic amines) is 1. The second kappa shape index (κ2) is 7.24. The van der Waals surface area contributed by atoms with Crippen LogP contribution in [-0.2, 0) is 16.0 Å². The second-order valence-corrected chi connectivity index (χ2v) is 6.76. The van der Waals surface area contributed by atoms with Crippen molar-refractivity contribution in [3.05, 3.63) is 29.8 Å². The SMILES string of the molecule is CCOc1ccc(CCC(=O)N2CC3CCCC3C2C(=O)O)cc1. The summed E-state index contributed by atoms with van der Waals surface area (Å²) in [6.45, 7) is 3.19. The van der Waals surface area contributed by atoms with Gasteiger partial charge in [0.15, 0.2) is 0 Å².